The molecule has 0 saturated heterocycles. The highest BCUT2D eigenvalue weighted by Crippen LogP contribution is 2.20. The van der Waals surface area contributed by atoms with E-state index in [4.69, 9.17) is 0 Å². The normalized spacial score (nSPS) is 11.1. The smallest absolute Gasteiger partial charge is 0.313 e. The van der Waals surface area contributed by atoms with Gasteiger partial charge in [-0.2, -0.15) is 0 Å². The molecule has 1 amide bonds. The molecule has 2 aromatic carbocycles. The molecule has 0 aliphatic carbocycles. The fraction of sp³-hybridized carbons (Fsp3) is 0.333. The summed E-state index contributed by atoms with van der Waals surface area (Å²) in [6.45, 7) is 7.01. The maximum atomic E-state index is 12.8. The van der Waals surface area contributed by atoms with E-state index in [0.717, 1.165) is 27.8 Å². The van der Waals surface area contributed by atoms with Gasteiger partial charge in [-0.3, -0.25) is 13.9 Å². The first-order valence-electron chi connectivity index (χ1n) is 8.95. The van der Waals surface area contributed by atoms with Crippen molar-refractivity contribution in [2.24, 2.45) is 7.05 Å². The number of rotatable bonds is 5. The Morgan fingerprint density at radius 3 is 2.27 bits per heavy atom. The van der Waals surface area contributed by atoms with Crippen molar-refractivity contribution in [3.05, 3.63) is 64.1 Å². The van der Waals surface area contributed by atoms with Crippen LogP contribution < -0.4 is 10.6 Å². The van der Waals surface area contributed by atoms with Crippen LogP contribution in [0.5, 0.6) is 0 Å². The van der Waals surface area contributed by atoms with Crippen LogP contribution in [0, 0.1) is 13.8 Å². The van der Waals surface area contributed by atoms with Crippen molar-refractivity contribution in [1.82, 2.24) is 9.13 Å². The van der Waals surface area contributed by atoms with Crippen LogP contribution in [-0.4, -0.2) is 21.6 Å². The van der Waals surface area contributed by atoms with Gasteiger partial charge in [-0.25, -0.2) is 4.79 Å². The van der Waals surface area contributed by atoms with Gasteiger partial charge in [0.25, 0.3) is 0 Å². The second kappa shape index (κ2) is 7.20. The summed E-state index contributed by atoms with van der Waals surface area (Å²) in [5.74, 6) is 0.0253. The molecule has 0 radical (unpaired) electrons. The lowest BCUT2D eigenvalue weighted by atomic mass is 10.1. The van der Waals surface area contributed by atoms with E-state index in [9.17, 15) is 9.59 Å². The molecular weight excluding hydrogens is 326 g/mol. The second-order valence-electron chi connectivity index (χ2n) is 6.72. The number of para-hydroxylation sites is 2. The quantitative estimate of drug-likeness (QED) is 0.707. The van der Waals surface area contributed by atoms with Crippen molar-refractivity contribution < 1.29 is 4.79 Å². The molecule has 3 rings (SSSR count). The Balaban J connectivity index is 1.84. The molecule has 0 unspecified atom stereocenters. The molecule has 0 spiro atoms. The number of hydrogen-bond acceptors (Lipinski definition) is 2. The first kappa shape index (κ1) is 18.0. The minimum Gasteiger partial charge on any atom is -0.313 e. The molecule has 0 atom stereocenters. The number of benzene rings is 2. The summed E-state index contributed by atoms with van der Waals surface area (Å²) in [6, 6.07) is 13.8. The highest BCUT2D eigenvalue weighted by Gasteiger charge is 2.17. The maximum absolute atomic E-state index is 12.8. The third kappa shape index (κ3) is 3.29. The van der Waals surface area contributed by atoms with E-state index in [0.29, 0.717) is 13.1 Å². The molecule has 0 aliphatic rings. The van der Waals surface area contributed by atoms with Gasteiger partial charge in [-0.1, -0.05) is 18.2 Å². The minimum absolute atomic E-state index is 0.0253. The number of carbonyl (C=O) groups excluding carboxylic acids is 1. The van der Waals surface area contributed by atoms with Gasteiger partial charge in [0.05, 0.1) is 11.0 Å². The number of aryl methyl sites for hydroxylation is 4. The largest absolute Gasteiger partial charge is 0.328 e. The number of nitrogens with zero attached hydrogens (tertiary/aromatic N) is 3. The van der Waals surface area contributed by atoms with Gasteiger partial charge < -0.3 is 4.90 Å². The Morgan fingerprint density at radius 1 is 1.04 bits per heavy atom. The molecule has 1 heterocycles. The van der Waals surface area contributed by atoms with Crippen molar-refractivity contribution in [3.8, 4) is 0 Å². The van der Waals surface area contributed by atoms with Crippen molar-refractivity contribution in [2.45, 2.75) is 33.7 Å². The summed E-state index contributed by atoms with van der Waals surface area (Å²) in [7, 11) is 1.76. The van der Waals surface area contributed by atoms with E-state index < -0.39 is 0 Å². The summed E-state index contributed by atoms with van der Waals surface area (Å²) >= 11 is 0. The van der Waals surface area contributed by atoms with Crippen LogP contribution in [0.2, 0.25) is 0 Å². The Hall–Kier alpha value is -2.82. The number of amides is 1. The van der Waals surface area contributed by atoms with Gasteiger partial charge >= 0.3 is 5.69 Å². The third-order valence-electron chi connectivity index (χ3n) is 4.74. The predicted molar refractivity (Wildman–Crippen MR) is 106 cm³/mol. The molecule has 5 nitrogen and oxygen atoms in total. The van der Waals surface area contributed by atoms with Gasteiger partial charge in [-0.15, -0.1) is 0 Å². The van der Waals surface area contributed by atoms with Crippen LogP contribution in [0.15, 0.2) is 47.3 Å². The zero-order chi connectivity index (χ0) is 18.8. The van der Waals surface area contributed by atoms with Crippen molar-refractivity contribution in [3.63, 3.8) is 0 Å². The first-order valence-corrected chi connectivity index (χ1v) is 8.95. The van der Waals surface area contributed by atoms with E-state index in [1.54, 1.807) is 21.1 Å². The third-order valence-corrected chi connectivity index (χ3v) is 4.74. The van der Waals surface area contributed by atoms with Crippen LogP contribution in [0.3, 0.4) is 0 Å². The van der Waals surface area contributed by atoms with Crippen molar-refractivity contribution >= 4 is 22.6 Å². The number of anilines is 1. The van der Waals surface area contributed by atoms with E-state index in [2.05, 4.69) is 6.07 Å². The van der Waals surface area contributed by atoms with Gasteiger partial charge in [0.15, 0.2) is 0 Å². The van der Waals surface area contributed by atoms with Crippen LogP contribution in [0.25, 0.3) is 11.0 Å². The standard InChI is InChI=1S/C21H25N3O2/c1-5-23(17-13-15(2)12-16(3)14-17)20(25)10-11-24-19-9-7-6-8-18(19)22(4)21(24)26/h6-9,12-14H,5,10-11H2,1-4H3. The van der Waals surface area contributed by atoms with Gasteiger partial charge in [0.1, 0.15) is 0 Å². The topological polar surface area (TPSA) is 47.2 Å². The molecule has 0 saturated carbocycles. The molecule has 0 N–H and O–H groups in total. The van der Waals surface area contributed by atoms with Crippen LogP contribution in [0.1, 0.15) is 24.5 Å². The Kier molecular flexibility index (Phi) is 4.98. The zero-order valence-electron chi connectivity index (χ0n) is 15.8. The molecule has 3 aromatic rings. The summed E-state index contributed by atoms with van der Waals surface area (Å²) in [5, 5.41) is 0. The lowest BCUT2D eigenvalue weighted by Gasteiger charge is -2.22. The van der Waals surface area contributed by atoms with Crippen LogP contribution in [0.4, 0.5) is 5.69 Å². The van der Waals surface area contributed by atoms with E-state index in [1.165, 1.54) is 0 Å². The first-order chi connectivity index (χ1) is 12.4. The summed E-state index contributed by atoms with van der Waals surface area (Å²) in [4.78, 5) is 27.1. The molecule has 0 bridgehead atoms. The maximum Gasteiger partial charge on any atom is 0.328 e. The summed E-state index contributed by atoms with van der Waals surface area (Å²) in [6.07, 6.45) is 0.286. The van der Waals surface area contributed by atoms with Gasteiger partial charge in [-0.05, 0) is 56.2 Å². The molecule has 5 heteroatoms. The highest BCUT2D eigenvalue weighted by atomic mass is 16.2. The predicted octanol–water partition coefficient (Wildman–Crippen LogP) is 3.40. The molecule has 1 aromatic heterocycles. The fourth-order valence-electron chi connectivity index (χ4n) is 3.53. The fourth-order valence-corrected chi connectivity index (χ4v) is 3.53. The van der Waals surface area contributed by atoms with E-state index in [1.807, 2.05) is 57.2 Å². The molecule has 0 aliphatic heterocycles. The number of carbonyl (C=O) groups is 1. The van der Waals surface area contributed by atoms with Crippen LogP contribution in [-0.2, 0) is 18.4 Å². The van der Waals surface area contributed by atoms with E-state index >= 15 is 0 Å². The zero-order valence-corrected chi connectivity index (χ0v) is 15.8. The number of aromatic nitrogens is 2. The average Bonchev–Trinajstić information content (AvgIpc) is 2.84. The second-order valence-corrected chi connectivity index (χ2v) is 6.72. The summed E-state index contributed by atoms with van der Waals surface area (Å²) in [5.41, 5.74) is 4.84. The SMILES string of the molecule is CCN(C(=O)CCn1c(=O)n(C)c2ccccc21)c1cc(C)cc(C)c1. The van der Waals surface area contributed by atoms with Crippen molar-refractivity contribution in [2.75, 3.05) is 11.4 Å². The molecule has 0 fully saturated rings. The van der Waals surface area contributed by atoms with Crippen molar-refractivity contribution in [1.29, 1.82) is 0 Å². The van der Waals surface area contributed by atoms with Crippen LogP contribution >= 0.6 is 0 Å². The van der Waals surface area contributed by atoms with Gasteiger partial charge in [0, 0.05) is 32.2 Å². The average molecular weight is 351 g/mol. The number of imidazole rings is 1. The minimum atomic E-state index is -0.0894. The summed E-state index contributed by atoms with van der Waals surface area (Å²) < 4.78 is 3.31. The molecule has 26 heavy (non-hydrogen) atoms. The lowest BCUT2D eigenvalue weighted by molar-refractivity contribution is -0.118. The Bertz CT molecular complexity index is 994. The lowest BCUT2D eigenvalue weighted by Crippen LogP contribution is -2.32. The monoisotopic (exact) mass is 351 g/mol. The molecular formula is C21H25N3O2. The highest BCUT2D eigenvalue weighted by molar-refractivity contribution is 5.93. The van der Waals surface area contributed by atoms with E-state index in [-0.39, 0.29) is 18.0 Å². The Labute approximate surface area is 153 Å². The molecule has 136 valence electrons. The van der Waals surface area contributed by atoms with Gasteiger partial charge in [0.2, 0.25) is 5.91 Å². The Morgan fingerprint density at radius 2 is 1.65 bits per heavy atom. The number of fused-ring (bicyclic) bond motifs is 1. The number of hydrogen-bond donors (Lipinski definition) is 0.